The van der Waals surface area contributed by atoms with Crippen LogP contribution >= 0.6 is 35.2 Å². The maximum atomic E-state index is 12.7. The Labute approximate surface area is 170 Å². The van der Waals surface area contributed by atoms with Gasteiger partial charge < -0.3 is 0 Å². The molecule has 1 fully saturated rings. The lowest BCUT2D eigenvalue weighted by atomic mass is 10.2. The lowest BCUT2D eigenvalue weighted by Crippen LogP contribution is -2.48. The lowest BCUT2D eigenvalue weighted by Gasteiger charge is -2.33. The maximum absolute atomic E-state index is 12.7. The lowest BCUT2D eigenvalue weighted by molar-refractivity contribution is 0.142. The molecule has 0 bridgehead atoms. The molecule has 1 aromatic carbocycles. The average Bonchev–Trinajstić information content (AvgIpc) is 3.12. The first kappa shape index (κ1) is 18.9. The van der Waals surface area contributed by atoms with E-state index in [9.17, 15) is 8.42 Å². The van der Waals surface area contributed by atoms with E-state index in [-0.39, 0.29) is 4.21 Å². The Balaban J connectivity index is 1.46. The van der Waals surface area contributed by atoms with Gasteiger partial charge in [0.05, 0.1) is 16.5 Å². The van der Waals surface area contributed by atoms with Gasteiger partial charge in [0.25, 0.3) is 10.0 Å². The van der Waals surface area contributed by atoms with Crippen molar-refractivity contribution >= 4 is 56.1 Å². The van der Waals surface area contributed by atoms with Crippen LogP contribution < -0.4 is 0 Å². The van der Waals surface area contributed by atoms with Crippen LogP contribution in [-0.2, 0) is 16.7 Å². The van der Waals surface area contributed by atoms with Crippen molar-refractivity contribution < 1.29 is 8.42 Å². The summed E-state index contributed by atoms with van der Waals surface area (Å²) >= 11 is 12.5. The zero-order valence-electron chi connectivity index (χ0n) is 14.2. The Morgan fingerprint density at radius 2 is 1.85 bits per heavy atom. The monoisotopic (exact) mass is 441 g/mol. The molecule has 0 N–H and O–H groups in total. The third-order valence-corrected chi connectivity index (χ3v) is 8.47. The molecule has 0 atom stereocenters. The second kappa shape index (κ2) is 7.53. The van der Waals surface area contributed by atoms with Crippen molar-refractivity contribution in [1.29, 1.82) is 0 Å². The number of hydrogen-bond acceptors (Lipinski definition) is 7. The molecular formula is C16H16ClN5O2S3. The molecule has 3 heterocycles. The molecule has 0 saturated carbocycles. The molecule has 4 rings (SSSR count). The number of rotatable bonds is 4. The van der Waals surface area contributed by atoms with E-state index in [1.54, 1.807) is 16.8 Å². The summed E-state index contributed by atoms with van der Waals surface area (Å²) in [5, 5.41) is 9.29. The fraction of sp³-hybridized carbons (Fsp3) is 0.312. The zero-order chi connectivity index (χ0) is 19.0. The number of halogens is 1. The van der Waals surface area contributed by atoms with Gasteiger partial charge in [-0.2, -0.15) is 4.31 Å². The molecule has 0 amide bonds. The van der Waals surface area contributed by atoms with Crippen LogP contribution in [0.3, 0.4) is 0 Å². The van der Waals surface area contributed by atoms with Crippen molar-refractivity contribution in [3.05, 3.63) is 45.4 Å². The summed E-state index contributed by atoms with van der Waals surface area (Å²) in [6.45, 7) is 2.48. The molecule has 7 nitrogen and oxygen atoms in total. The molecule has 142 valence electrons. The van der Waals surface area contributed by atoms with E-state index in [4.69, 9.17) is 23.8 Å². The van der Waals surface area contributed by atoms with Gasteiger partial charge in [-0.05, 0) is 24.3 Å². The van der Waals surface area contributed by atoms with E-state index in [0.29, 0.717) is 41.8 Å². The molecule has 1 saturated heterocycles. The van der Waals surface area contributed by atoms with Crippen LogP contribution in [0.15, 0.2) is 40.6 Å². The predicted octanol–water partition coefficient (Wildman–Crippen LogP) is 2.84. The topological polar surface area (TPSA) is 71.3 Å². The zero-order valence-corrected chi connectivity index (χ0v) is 17.4. The van der Waals surface area contributed by atoms with E-state index in [0.717, 1.165) is 22.2 Å². The van der Waals surface area contributed by atoms with Crippen LogP contribution in [0.2, 0.25) is 4.34 Å². The first-order valence-electron chi connectivity index (χ1n) is 8.25. The van der Waals surface area contributed by atoms with Crippen LogP contribution in [0.4, 0.5) is 0 Å². The molecule has 27 heavy (non-hydrogen) atoms. The maximum Gasteiger partial charge on any atom is 0.252 e. The Kier molecular flexibility index (Phi) is 5.28. The number of nitrogens with zero attached hydrogens (tertiary/aromatic N) is 5. The number of fused-ring (bicyclic) bond motifs is 1. The quantitative estimate of drug-likeness (QED) is 0.580. The number of sulfonamides is 1. The van der Waals surface area contributed by atoms with E-state index >= 15 is 0 Å². The van der Waals surface area contributed by atoms with Crippen LogP contribution in [-0.4, -0.2) is 58.8 Å². The van der Waals surface area contributed by atoms with Gasteiger partial charge in [-0.1, -0.05) is 41.2 Å². The van der Waals surface area contributed by atoms with Crippen molar-refractivity contribution in [1.82, 2.24) is 24.2 Å². The first-order valence-corrected chi connectivity index (χ1v) is 11.3. The van der Waals surface area contributed by atoms with Crippen LogP contribution in [0.1, 0.15) is 0 Å². The standard InChI is InChI=1S/C16H16ClN5O2S3/c17-14-5-6-15(26-14)27(23,24)21-9-7-20(8-10-21)11-22-16(25)12-3-1-2-4-13(12)18-19-22/h1-6H,7-11H2. The third kappa shape index (κ3) is 3.78. The Morgan fingerprint density at radius 3 is 2.56 bits per heavy atom. The van der Waals surface area contributed by atoms with Crippen molar-refractivity contribution in [3.8, 4) is 0 Å². The summed E-state index contributed by atoms with van der Waals surface area (Å²) in [4.78, 5) is 2.12. The molecule has 0 aliphatic carbocycles. The first-order chi connectivity index (χ1) is 12.9. The molecule has 3 aromatic rings. The summed E-state index contributed by atoms with van der Waals surface area (Å²) in [5.41, 5.74) is 0.768. The van der Waals surface area contributed by atoms with E-state index < -0.39 is 10.0 Å². The Hall–Kier alpha value is -1.43. The second-order valence-electron chi connectivity index (χ2n) is 6.13. The van der Waals surface area contributed by atoms with Gasteiger partial charge in [0.15, 0.2) is 0 Å². The highest BCUT2D eigenvalue weighted by molar-refractivity contribution is 7.91. The van der Waals surface area contributed by atoms with Crippen molar-refractivity contribution in [2.24, 2.45) is 0 Å². The Bertz CT molecular complexity index is 1140. The molecule has 0 spiro atoms. The Morgan fingerprint density at radius 1 is 1.11 bits per heavy atom. The molecule has 1 aliphatic rings. The van der Waals surface area contributed by atoms with Crippen molar-refractivity contribution in [2.45, 2.75) is 10.9 Å². The minimum Gasteiger partial charge on any atom is -0.282 e. The van der Waals surface area contributed by atoms with Gasteiger partial charge in [-0.15, -0.1) is 16.4 Å². The smallest absolute Gasteiger partial charge is 0.252 e. The summed E-state index contributed by atoms with van der Waals surface area (Å²) in [6.07, 6.45) is 0. The highest BCUT2D eigenvalue weighted by Crippen LogP contribution is 2.28. The van der Waals surface area contributed by atoms with Gasteiger partial charge in [-0.3, -0.25) is 4.90 Å². The molecular weight excluding hydrogens is 426 g/mol. The van der Waals surface area contributed by atoms with E-state index in [2.05, 4.69) is 15.2 Å². The summed E-state index contributed by atoms with van der Waals surface area (Å²) in [7, 11) is -3.49. The second-order valence-corrected chi connectivity index (χ2v) is 10.4. The molecule has 1 aliphatic heterocycles. The summed E-state index contributed by atoms with van der Waals surface area (Å²) in [5.74, 6) is 0. The fourth-order valence-electron chi connectivity index (χ4n) is 2.98. The van der Waals surface area contributed by atoms with Gasteiger partial charge in [0, 0.05) is 31.6 Å². The van der Waals surface area contributed by atoms with Crippen molar-refractivity contribution in [2.75, 3.05) is 26.2 Å². The number of hydrogen-bond donors (Lipinski definition) is 0. The van der Waals surface area contributed by atoms with E-state index in [1.807, 2.05) is 24.3 Å². The van der Waals surface area contributed by atoms with Crippen LogP contribution in [0.25, 0.3) is 10.9 Å². The highest BCUT2D eigenvalue weighted by atomic mass is 35.5. The largest absolute Gasteiger partial charge is 0.282 e. The minimum atomic E-state index is -3.49. The van der Waals surface area contributed by atoms with Crippen LogP contribution in [0, 0.1) is 4.64 Å². The van der Waals surface area contributed by atoms with Gasteiger partial charge in [0.2, 0.25) is 0 Å². The predicted molar refractivity (Wildman–Crippen MR) is 108 cm³/mol. The van der Waals surface area contributed by atoms with Crippen LogP contribution in [0.5, 0.6) is 0 Å². The molecule has 2 aromatic heterocycles. The average molecular weight is 442 g/mol. The SMILES string of the molecule is O=S(=O)(c1ccc(Cl)s1)N1CCN(Cn2nnc3ccccc3c2=S)CC1. The molecule has 0 unspecified atom stereocenters. The summed E-state index contributed by atoms with van der Waals surface area (Å²) < 4.78 is 29.9. The molecule has 0 radical (unpaired) electrons. The molecule has 11 heteroatoms. The fourth-order valence-corrected chi connectivity index (χ4v) is 6.31. The summed E-state index contributed by atoms with van der Waals surface area (Å²) in [6, 6.07) is 10.8. The number of piperazine rings is 1. The van der Waals surface area contributed by atoms with E-state index in [1.165, 1.54) is 4.31 Å². The highest BCUT2D eigenvalue weighted by Gasteiger charge is 2.29. The minimum absolute atomic E-state index is 0.281. The van der Waals surface area contributed by atoms with Gasteiger partial charge >= 0.3 is 0 Å². The number of aromatic nitrogens is 3. The number of benzene rings is 1. The third-order valence-electron chi connectivity index (χ3n) is 4.44. The van der Waals surface area contributed by atoms with Gasteiger partial charge in [0.1, 0.15) is 8.85 Å². The normalized spacial score (nSPS) is 16.8. The van der Waals surface area contributed by atoms with Gasteiger partial charge in [-0.25, -0.2) is 13.1 Å². The van der Waals surface area contributed by atoms with Crippen molar-refractivity contribution in [3.63, 3.8) is 0 Å². The number of thiophene rings is 1.